The van der Waals surface area contributed by atoms with Gasteiger partial charge in [0.15, 0.2) is 6.04 Å². The van der Waals surface area contributed by atoms with E-state index in [1.54, 1.807) is 0 Å². The molecule has 0 aliphatic carbocycles. The Kier molecular flexibility index (Phi) is 3.65. The van der Waals surface area contributed by atoms with E-state index in [-0.39, 0.29) is 5.91 Å². The topological polar surface area (TPSA) is 98.5 Å². The molecule has 1 N–H and O–H groups in total. The van der Waals surface area contributed by atoms with Crippen LogP contribution in [-0.4, -0.2) is 36.3 Å². The quantitative estimate of drug-likeness (QED) is 0.773. The zero-order valence-electron chi connectivity index (χ0n) is 11.0. The highest BCUT2D eigenvalue weighted by molar-refractivity contribution is 7.15. The summed E-state index contributed by atoms with van der Waals surface area (Å²) in [5, 5.41) is 22.7. The third-order valence-electron chi connectivity index (χ3n) is 2.75. The van der Waals surface area contributed by atoms with Crippen molar-refractivity contribution in [1.82, 2.24) is 30.4 Å². The number of hydrogen-bond donors (Lipinski definition) is 1. The molecule has 0 saturated heterocycles. The van der Waals surface area contributed by atoms with Crippen molar-refractivity contribution in [3.05, 3.63) is 47.2 Å². The number of benzene rings is 1. The first-order chi connectivity index (χ1) is 10.2. The molecule has 0 unspecified atom stereocenters. The van der Waals surface area contributed by atoms with E-state index in [0.29, 0.717) is 5.13 Å². The van der Waals surface area contributed by atoms with Crippen LogP contribution in [0, 0.1) is 6.92 Å². The predicted molar refractivity (Wildman–Crippen MR) is 75.7 cm³/mol. The van der Waals surface area contributed by atoms with E-state index in [4.69, 9.17) is 0 Å². The lowest BCUT2D eigenvalue weighted by Crippen LogP contribution is -2.27. The molecule has 0 saturated carbocycles. The van der Waals surface area contributed by atoms with Gasteiger partial charge in [-0.3, -0.25) is 10.1 Å². The van der Waals surface area contributed by atoms with E-state index in [9.17, 15) is 4.79 Å². The maximum Gasteiger partial charge on any atom is 0.255 e. The van der Waals surface area contributed by atoms with Gasteiger partial charge in [0.05, 0.1) is 0 Å². The molecule has 2 aromatic heterocycles. The van der Waals surface area contributed by atoms with Crippen molar-refractivity contribution in [2.75, 3.05) is 5.32 Å². The van der Waals surface area contributed by atoms with Gasteiger partial charge in [-0.25, -0.2) is 4.68 Å². The van der Waals surface area contributed by atoms with Crippen LogP contribution in [0.3, 0.4) is 0 Å². The summed E-state index contributed by atoms with van der Waals surface area (Å²) in [6.45, 7) is 1.82. The van der Waals surface area contributed by atoms with E-state index < -0.39 is 6.04 Å². The number of amides is 1. The van der Waals surface area contributed by atoms with Crippen LogP contribution in [0.1, 0.15) is 16.6 Å². The first-order valence-corrected chi connectivity index (χ1v) is 6.94. The molecule has 0 spiro atoms. The Labute approximate surface area is 123 Å². The number of tetrazole rings is 1. The number of hydrogen-bond acceptors (Lipinski definition) is 7. The zero-order chi connectivity index (χ0) is 14.7. The highest BCUT2D eigenvalue weighted by Gasteiger charge is 2.24. The van der Waals surface area contributed by atoms with E-state index in [2.05, 4.69) is 31.0 Å². The van der Waals surface area contributed by atoms with E-state index >= 15 is 0 Å². The van der Waals surface area contributed by atoms with Gasteiger partial charge in [-0.1, -0.05) is 41.7 Å². The molecule has 1 aromatic carbocycles. The van der Waals surface area contributed by atoms with E-state index in [1.807, 2.05) is 37.3 Å². The summed E-state index contributed by atoms with van der Waals surface area (Å²) >= 11 is 1.31. The average molecular weight is 301 g/mol. The van der Waals surface area contributed by atoms with Gasteiger partial charge in [-0.05, 0) is 22.9 Å². The third-order valence-corrected chi connectivity index (χ3v) is 3.50. The van der Waals surface area contributed by atoms with Crippen molar-refractivity contribution in [3.8, 4) is 0 Å². The van der Waals surface area contributed by atoms with Crippen LogP contribution in [0.2, 0.25) is 0 Å². The van der Waals surface area contributed by atoms with Crippen LogP contribution < -0.4 is 5.32 Å². The molecule has 1 amide bonds. The van der Waals surface area contributed by atoms with E-state index in [1.165, 1.54) is 22.3 Å². The molecule has 2 heterocycles. The fourth-order valence-electron chi connectivity index (χ4n) is 1.87. The van der Waals surface area contributed by atoms with Crippen molar-refractivity contribution in [2.24, 2.45) is 0 Å². The number of nitrogens with zero attached hydrogens (tertiary/aromatic N) is 6. The van der Waals surface area contributed by atoms with Crippen LogP contribution in [0.4, 0.5) is 5.13 Å². The first-order valence-electron chi connectivity index (χ1n) is 6.12. The van der Waals surface area contributed by atoms with Gasteiger partial charge in [0.1, 0.15) is 11.3 Å². The smallest absolute Gasteiger partial charge is 0.255 e. The van der Waals surface area contributed by atoms with E-state index in [0.717, 1.165) is 10.6 Å². The molecule has 0 bridgehead atoms. The monoisotopic (exact) mass is 301 g/mol. The van der Waals surface area contributed by atoms with Crippen LogP contribution in [-0.2, 0) is 4.79 Å². The lowest BCUT2D eigenvalue weighted by molar-refractivity contribution is -0.118. The third kappa shape index (κ3) is 2.92. The molecule has 9 heteroatoms. The number of rotatable bonds is 4. The summed E-state index contributed by atoms with van der Waals surface area (Å²) in [5.41, 5.74) is 0.781. The number of aromatic nitrogens is 6. The molecule has 1 atom stereocenters. The minimum Gasteiger partial charge on any atom is -0.298 e. The Hall–Kier alpha value is -2.68. The number of anilines is 1. The summed E-state index contributed by atoms with van der Waals surface area (Å²) in [7, 11) is 0. The molecule has 0 aliphatic heterocycles. The minimum atomic E-state index is -0.662. The molecule has 8 nitrogen and oxygen atoms in total. The summed E-state index contributed by atoms with van der Waals surface area (Å²) in [6, 6.07) is 8.62. The summed E-state index contributed by atoms with van der Waals surface area (Å²) < 4.78 is 1.40. The molecule has 0 aliphatic rings. The molecular weight excluding hydrogens is 290 g/mol. The number of carbonyl (C=O) groups excluding carboxylic acids is 1. The van der Waals surface area contributed by atoms with Crippen molar-refractivity contribution >= 4 is 22.4 Å². The second-order valence-electron chi connectivity index (χ2n) is 4.22. The van der Waals surface area contributed by atoms with Crippen molar-refractivity contribution in [2.45, 2.75) is 13.0 Å². The van der Waals surface area contributed by atoms with Crippen molar-refractivity contribution < 1.29 is 4.79 Å². The van der Waals surface area contributed by atoms with Crippen LogP contribution >= 0.6 is 11.3 Å². The minimum absolute atomic E-state index is 0.273. The van der Waals surface area contributed by atoms with Gasteiger partial charge in [0.25, 0.3) is 5.91 Å². The number of nitrogens with one attached hydrogen (secondary N) is 1. The summed E-state index contributed by atoms with van der Waals surface area (Å²) in [6.07, 6.45) is 1.41. The Morgan fingerprint density at radius 2 is 2.10 bits per heavy atom. The zero-order valence-corrected chi connectivity index (χ0v) is 11.9. The van der Waals surface area contributed by atoms with Crippen LogP contribution in [0.5, 0.6) is 0 Å². The predicted octanol–water partition coefficient (Wildman–Crippen LogP) is 1.06. The Morgan fingerprint density at radius 3 is 2.71 bits per heavy atom. The van der Waals surface area contributed by atoms with Crippen molar-refractivity contribution in [1.29, 1.82) is 0 Å². The summed E-state index contributed by atoms with van der Waals surface area (Å²) in [4.78, 5) is 12.5. The van der Waals surface area contributed by atoms with Crippen molar-refractivity contribution in [3.63, 3.8) is 0 Å². The Balaban J connectivity index is 1.90. The number of carbonyl (C=O) groups is 1. The van der Waals surface area contributed by atoms with Gasteiger partial charge in [0.2, 0.25) is 5.13 Å². The SMILES string of the molecule is Cc1nnc(NC(=O)[C@@H](c2ccccc2)n2cnnn2)s1. The lowest BCUT2D eigenvalue weighted by atomic mass is 10.1. The van der Waals surface area contributed by atoms with Gasteiger partial charge in [0, 0.05) is 0 Å². The second-order valence-corrected chi connectivity index (χ2v) is 5.40. The molecular formula is C12H11N7OS. The Bertz CT molecular complexity index is 725. The first kappa shape index (κ1) is 13.3. The van der Waals surface area contributed by atoms with Gasteiger partial charge in [-0.15, -0.1) is 15.3 Å². The fraction of sp³-hybridized carbons (Fsp3) is 0.167. The largest absolute Gasteiger partial charge is 0.298 e. The Morgan fingerprint density at radius 1 is 1.29 bits per heavy atom. The normalized spacial score (nSPS) is 12.0. The highest BCUT2D eigenvalue weighted by atomic mass is 32.1. The molecule has 0 radical (unpaired) electrons. The van der Waals surface area contributed by atoms with Crippen LogP contribution in [0.15, 0.2) is 36.7 Å². The molecule has 3 rings (SSSR count). The molecule has 106 valence electrons. The maximum atomic E-state index is 12.5. The second kappa shape index (κ2) is 5.75. The average Bonchev–Trinajstić information content (AvgIpc) is 3.13. The fourth-order valence-corrected chi connectivity index (χ4v) is 2.46. The molecule has 3 aromatic rings. The lowest BCUT2D eigenvalue weighted by Gasteiger charge is -2.15. The van der Waals surface area contributed by atoms with Gasteiger partial charge < -0.3 is 0 Å². The molecule has 0 fully saturated rings. The number of aryl methyl sites for hydroxylation is 1. The standard InChI is InChI=1S/C12H11N7OS/c1-8-15-16-12(21-8)14-11(20)10(19-7-13-17-18-19)9-5-3-2-4-6-9/h2-7,10H,1H3,(H,14,16,20)/t10-/m1/s1. The van der Waals surface area contributed by atoms with Gasteiger partial charge in [-0.2, -0.15) is 0 Å². The summed E-state index contributed by atoms with van der Waals surface area (Å²) in [5.74, 6) is -0.273. The highest BCUT2D eigenvalue weighted by Crippen LogP contribution is 2.20. The maximum absolute atomic E-state index is 12.5. The molecule has 21 heavy (non-hydrogen) atoms. The van der Waals surface area contributed by atoms with Gasteiger partial charge >= 0.3 is 0 Å². The van der Waals surface area contributed by atoms with Crippen LogP contribution in [0.25, 0.3) is 0 Å².